The number of allylic oxidation sites excluding steroid dienone is 1. The molecule has 3 aliphatic rings. The van der Waals surface area contributed by atoms with E-state index in [1.54, 1.807) is 14.2 Å². The standard InChI is InChI=1S/C40H46INO6Si/c1-25(19-26-20-32(41)37(43)34(21-26)46-6)17-18-33-35-27(22-30-36(31(35)24-47-33)39(45)42(5)38(30)44)23-48-49(40(2,3)4,28-13-9-7-10-14-28)29-15-11-8-12-16-29/h7-16,19-21,30-31,33,36,43H,17-18,22-24H2,1-6H3/b25-19+/t30-,31+,33-,36-/m1/s1. The summed E-state index contributed by atoms with van der Waals surface area (Å²) in [4.78, 5) is 28.2. The third-order valence-electron chi connectivity index (χ3n) is 10.6. The number of likely N-dealkylation sites (tertiary alicyclic amines) is 1. The van der Waals surface area contributed by atoms with E-state index in [2.05, 4.69) is 105 Å². The van der Waals surface area contributed by atoms with Crippen LogP contribution in [0.3, 0.4) is 0 Å². The third-order valence-corrected chi connectivity index (χ3v) is 16.4. The molecule has 0 radical (unpaired) electrons. The van der Waals surface area contributed by atoms with E-state index >= 15 is 0 Å². The van der Waals surface area contributed by atoms with Crippen LogP contribution >= 0.6 is 22.6 Å². The molecule has 2 heterocycles. The molecular formula is C40H46INO6Si. The van der Waals surface area contributed by atoms with Crippen LogP contribution in [0.1, 0.15) is 52.5 Å². The fourth-order valence-corrected chi connectivity index (χ4v) is 13.4. The lowest BCUT2D eigenvalue weighted by Gasteiger charge is -2.44. The zero-order valence-corrected chi connectivity index (χ0v) is 32.3. The lowest BCUT2D eigenvalue weighted by Crippen LogP contribution is -2.66. The average molecular weight is 792 g/mol. The molecule has 1 aliphatic carbocycles. The van der Waals surface area contributed by atoms with Crippen molar-refractivity contribution >= 4 is 59.2 Å². The van der Waals surface area contributed by atoms with Gasteiger partial charge in [0.25, 0.3) is 8.32 Å². The van der Waals surface area contributed by atoms with Gasteiger partial charge in [0.05, 0.1) is 41.8 Å². The second-order valence-corrected chi connectivity index (χ2v) is 20.1. The Hall–Kier alpha value is -3.25. The maximum Gasteiger partial charge on any atom is 0.261 e. The minimum atomic E-state index is -2.85. The largest absolute Gasteiger partial charge is 0.504 e. The predicted octanol–water partition coefficient (Wildman–Crippen LogP) is 6.71. The number of carbonyl (C=O) groups excluding carboxylic acids is 2. The summed E-state index contributed by atoms with van der Waals surface area (Å²) in [5.74, 6) is -0.531. The number of hydrogen-bond acceptors (Lipinski definition) is 6. The van der Waals surface area contributed by atoms with Crippen LogP contribution in [0.15, 0.2) is 89.5 Å². The summed E-state index contributed by atoms with van der Waals surface area (Å²) < 4.78 is 20.0. The van der Waals surface area contributed by atoms with E-state index in [1.165, 1.54) is 20.8 Å². The summed E-state index contributed by atoms with van der Waals surface area (Å²) in [5.41, 5.74) is 4.39. The molecule has 2 aliphatic heterocycles. The minimum Gasteiger partial charge on any atom is -0.504 e. The summed E-state index contributed by atoms with van der Waals surface area (Å²) in [6.45, 7) is 9.72. The average Bonchev–Trinajstić information content (AvgIpc) is 3.60. The van der Waals surface area contributed by atoms with Crippen molar-refractivity contribution in [1.29, 1.82) is 0 Å². The van der Waals surface area contributed by atoms with Crippen molar-refractivity contribution < 1.29 is 28.6 Å². The molecule has 6 rings (SSSR count). The van der Waals surface area contributed by atoms with Gasteiger partial charge in [-0.3, -0.25) is 14.5 Å². The fourth-order valence-electron chi connectivity index (χ4n) is 8.27. The zero-order valence-electron chi connectivity index (χ0n) is 29.2. The zero-order chi connectivity index (χ0) is 35.1. The van der Waals surface area contributed by atoms with Crippen LogP contribution in [0.5, 0.6) is 11.5 Å². The quantitative estimate of drug-likeness (QED) is 0.106. The maximum atomic E-state index is 13.5. The van der Waals surface area contributed by atoms with Gasteiger partial charge in [0.2, 0.25) is 11.8 Å². The molecule has 258 valence electrons. The van der Waals surface area contributed by atoms with Gasteiger partial charge in [0.1, 0.15) is 0 Å². The summed E-state index contributed by atoms with van der Waals surface area (Å²) in [7, 11) is 0.318. The highest BCUT2D eigenvalue weighted by Crippen LogP contribution is 2.50. The van der Waals surface area contributed by atoms with Gasteiger partial charge in [0.15, 0.2) is 11.5 Å². The molecule has 3 aromatic rings. The Labute approximate surface area is 304 Å². The highest BCUT2D eigenvalue weighted by molar-refractivity contribution is 14.1. The van der Waals surface area contributed by atoms with E-state index in [9.17, 15) is 14.7 Å². The Morgan fingerprint density at radius 2 is 1.65 bits per heavy atom. The number of carbonyl (C=O) groups is 2. The number of nitrogens with zero attached hydrogens (tertiary/aromatic N) is 1. The molecule has 1 N–H and O–H groups in total. The molecule has 0 saturated carbocycles. The first-order chi connectivity index (χ1) is 23.4. The highest BCUT2D eigenvalue weighted by Gasteiger charge is 2.57. The number of benzene rings is 3. The third kappa shape index (κ3) is 6.55. The van der Waals surface area contributed by atoms with Crippen molar-refractivity contribution in [2.45, 2.75) is 58.1 Å². The van der Waals surface area contributed by atoms with Crippen molar-refractivity contribution in [3.63, 3.8) is 0 Å². The molecule has 0 bridgehead atoms. The minimum absolute atomic E-state index is 0.0966. The first-order valence-corrected chi connectivity index (χ1v) is 20.0. The number of phenols is 1. The van der Waals surface area contributed by atoms with E-state index in [0.717, 1.165) is 33.1 Å². The van der Waals surface area contributed by atoms with Crippen LogP contribution in [-0.4, -0.2) is 63.6 Å². The lowest BCUT2D eigenvalue weighted by atomic mass is 9.69. The molecule has 2 fully saturated rings. The topological polar surface area (TPSA) is 85.3 Å². The number of amides is 2. The van der Waals surface area contributed by atoms with E-state index in [0.29, 0.717) is 25.4 Å². The van der Waals surface area contributed by atoms with Crippen LogP contribution in [0.25, 0.3) is 6.08 Å². The normalized spacial score (nSPS) is 22.8. The Bertz CT molecular complexity index is 1740. The molecule has 2 saturated heterocycles. The summed E-state index contributed by atoms with van der Waals surface area (Å²) in [6.07, 6.45) is 3.98. The van der Waals surface area contributed by atoms with E-state index in [4.69, 9.17) is 13.9 Å². The summed E-state index contributed by atoms with van der Waals surface area (Å²) >= 11 is 2.11. The van der Waals surface area contributed by atoms with Gasteiger partial charge in [-0.15, -0.1) is 0 Å². The van der Waals surface area contributed by atoms with Crippen LogP contribution in [0, 0.1) is 21.3 Å². The second-order valence-electron chi connectivity index (χ2n) is 14.6. The first-order valence-electron chi connectivity index (χ1n) is 17.0. The van der Waals surface area contributed by atoms with Crippen molar-refractivity contribution in [2.24, 2.45) is 17.8 Å². The van der Waals surface area contributed by atoms with Gasteiger partial charge in [-0.05, 0) is 93.0 Å². The number of imide groups is 1. The lowest BCUT2D eigenvalue weighted by molar-refractivity contribution is -0.138. The van der Waals surface area contributed by atoms with Crippen molar-refractivity contribution in [3.05, 3.63) is 98.6 Å². The molecule has 4 atom stereocenters. The summed E-state index contributed by atoms with van der Waals surface area (Å²) in [6, 6.07) is 25.0. The van der Waals surface area contributed by atoms with Gasteiger partial charge >= 0.3 is 0 Å². The van der Waals surface area contributed by atoms with Crippen LogP contribution in [0.4, 0.5) is 0 Å². The number of halogens is 1. The van der Waals surface area contributed by atoms with Crippen molar-refractivity contribution in [2.75, 3.05) is 27.4 Å². The number of methoxy groups -OCH3 is 1. The molecule has 0 spiro atoms. The number of fused-ring (bicyclic) bond motifs is 3. The predicted molar refractivity (Wildman–Crippen MR) is 203 cm³/mol. The SMILES string of the molecule is COc1cc(/C=C(\C)CC[C@H]2OC[C@H]3C2=C(CO[Si](c2ccccc2)(c2ccccc2)C(C)(C)C)C[C@H]2C(=O)N(C)C(=O)[C@H]23)cc(I)c1O. The summed E-state index contributed by atoms with van der Waals surface area (Å²) in [5, 5.41) is 12.5. The van der Waals surface area contributed by atoms with Gasteiger partial charge < -0.3 is 19.0 Å². The number of hydrogen-bond donors (Lipinski definition) is 1. The molecule has 0 aromatic heterocycles. The van der Waals surface area contributed by atoms with Gasteiger partial charge in [-0.25, -0.2) is 0 Å². The smallest absolute Gasteiger partial charge is 0.261 e. The molecule has 9 heteroatoms. The fraction of sp³-hybridized carbons (Fsp3) is 0.400. The number of ether oxygens (including phenoxy) is 2. The molecule has 49 heavy (non-hydrogen) atoms. The van der Waals surface area contributed by atoms with Crippen molar-refractivity contribution in [3.8, 4) is 11.5 Å². The Kier molecular flexibility index (Phi) is 10.3. The van der Waals surface area contributed by atoms with Gasteiger partial charge in [0, 0.05) is 13.0 Å². The second kappa shape index (κ2) is 14.2. The van der Waals surface area contributed by atoms with Crippen LogP contribution in [0.2, 0.25) is 5.04 Å². The molecule has 2 amide bonds. The van der Waals surface area contributed by atoms with E-state index in [-0.39, 0.29) is 40.5 Å². The highest BCUT2D eigenvalue weighted by atomic mass is 127. The van der Waals surface area contributed by atoms with Crippen LogP contribution < -0.4 is 15.1 Å². The number of phenolic OH excluding ortho intramolecular Hbond substituents is 1. The van der Waals surface area contributed by atoms with E-state index in [1.807, 2.05) is 24.3 Å². The molecule has 3 aromatic carbocycles. The maximum absolute atomic E-state index is 13.5. The van der Waals surface area contributed by atoms with Crippen molar-refractivity contribution in [1.82, 2.24) is 4.90 Å². The number of aromatic hydroxyl groups is 1. The molecular weight excluding hydrogens is 745 g/mol. The van der Waals surface area contributed by atoms with Gasteiger partial charge in [-0.2, -0.15) is 0 Å². The van der Waals surface area contributed by atoms with Gasteiger partial charge in [-0.1, -0.05) is 93.1 Å². The Morgan fingerprint density at radius 3 is 2.24 bits per heavy atom. The Balaban J connectivity index is 1.36. The monoisotopic (exact) mass is 791 g/mol. The number of rotatable bonds is 10. The van der Waals surface area contributed by atoms with Crippen LogP contribution in [-0.2, 0) is 18.8 Å². The molecule has 0 unspecified atom stereocenters. The van der Waals surface area contributed by atoms with E-state index < -0.39 is 14.2 Å². The Morgan fingerprint density at radius 1 is 1.02 bits per heavy atom. The first kappa shape index (κ1) is 35.6. The molecule has 7 nitrogen and oxygen atoms in total.